The third-order valence-corrected chi connectivity index (χ3v) is 3.67. The van der Waals surface area contributed by atoms with E-state index in [-0.39, 0.29) is 6.04 Å². The normalized spacial score (nSPS) is 13.1. The van der Waals surface area contributed by atoms with Crippen molar-refractivity contribution >= 4 is 11.3 Å². The Balaban J connectivity index is 2.47. The SMILES string of the molecule is Cc1nc(-c2ccnn2C)sc1C(C)N. The van der Waals surface area contributed by atoms with E-state index in [0.717, 1.165) is 21.3 Å². The topological polar surface area (TPSA) is 56.7 Å². The molecular formula is C10H14N4S. The summed E-state index contributed by atoms with van der Waals surface area (Å²) < 4.78 is 1.82. The number of rotatable bonds is 2. The van der Waals surface area contributed by atoms with Gasteiger partial charge in [-0.15, -0.1) is 11.3 Å². The van der Waals surface area contributed by atoms with E-state index in [4.69, 9.17) is 5.73 Å². The van der Waals surface area contributed by atoms with Crippen LogP contribution in [0.15, 0.2) is 12.3 Å². The summed E-state index contributed by atoms with van der Waals surface area (Å²) in [5, 5.41) is 5.11. The molecule has 0 amide bonds. The molecule has 0 spiro atoms. The van der Waals surface area contributed by atoms with Gasteiger partial charge in [0.15, 0.2) is 0 Å². The number of nitrogens with zero attached hydrogens (tertiary/aromatic N) is 3. The van der Waals surface area contributed by atoms with Crippen molar-refractivity contribution in [3.63, 3.8) is 0 Å². The first kappa shape index (κ1) is 10.3. The molecule has 0 saturated carbocycles. The summed E-state index contributed by atoms with van der Waals surface area (Å²) >= 11 is 1.64. The second-order valence-corrected chi connectivity index (χ2v) is 4.63. The second kappa shape index (κ2) is 3.75. The van der Waals surface area contributed by atoms with Crippen LogP contribution in [0.5, 0.6) is 0 Å². The maximum Gasteiger partial charge on any atom is 0.142 e. The summed E-state index contributed by atoms with van der Waals surface area (Å²) in [6, 6.07) is 2.01. The minimum absolute atomic E-state index is 0.0458. The van der Waals surface area contributed by atoms with Crippen LogP contribution in [0.2, 0.25) is 0 Å². The first-order valence-corrected chi connectivity index (χ1v) is 5.62. The minimum atomic E-state index is 0.0458. The molecule has 5 heteroatoms. The summed E-state index contributed by atoms with van der Waals surface area (Å²) in [7, 11) is 1.91. The van der Waals surface area contributed by atoms with Gasteiger partial charge in [0.25, 0.3) is 0 Å². The molecule has 0 aromatic carbocycles. The van der Waals surface area contributed by atoms with Crippen molar-refractivity contribution in [2.75, 3.05) is 0 Å². The van der Waals surface area contributed by atoms with Crippen LogP contribution < -0.4 is 5.73 Å². The zero-order chi connectivity index (χ0) is 11.0. The van der Waals surface area contributed by atoms with Crippen LogP contribution in [0.4, 0.5) is 0 Å². The van der Waals surface area contributed by atoms with Crippen molar-refractivity contribution < 1.29 is 0 Å². The third-order valence-electron chi connectivity index (χ3n) is 2.29. The maximum atomic E-state index is 5.87. The molecule has 2 heterocycles. The van der Waals surface area contributed by atoms with Crippen molar-refractivity contribution in [1.29, 1.82) is 0 Å². The highest BCUT2D eigenvalue weighted by Gasteiger charge is 2.13. The summed E-state index contributed by atoms with van der Waals surface area (Å²) in [4.78, 5) is 5.66. The average Bonchev–Trinajstić information content (AvgIpc) is 2.71. The third kappa shape index (κ3) is 1.80. The fourth-order valence-corrected chi connectivity index (χ4v) is 2.60. The molecule has 15 heavy (non-hydrogen) atoms. The number of aromatic nitrogens is 3. The molecule has 1 unspecified atom stereocenters. The van der Waals surface area contributed by atoms with Crippen LogP contribution in [0, 0.1) is 6.92 Å². The smallest absolute Gasteiger partial charge is 0.142 e. The van der Waals surface area contributed by atoms with E-state index < -0.39 is 0 Å². The Kier molecular flexibility index (Phi) is 2.58. The first-order valence-electron chi connectivity index (χ1n) is 4.81. The number of hydrogen-bond acceptors (Lipinski definition) is 4. The molecule has 2 rings (SSSR count). The lowest BCUT2D eigenvalue weighted by molar-refractivity contribution is 0.775. The Bertz CT molecular complexity index is 469. The number of nitrogens with two attached hydrogens (primary N) is 1. The quantitative estimate of drug-likeness (QED) is 0.844. The molecule has 0 aliphatic rings. The van der Waals surface area contributed by atoms with Crippen molar-refractivity contribution in [2.24, 2.45) is 12.8 Å². The monoisotopic (exact) mass is 222 g/mol. The largest absolute Gasteiger partial charge is 0.323 e. The van der Waals surface area contributed by atoms with Gasteiger partial charge in [-0.05, 0) is 19.9 Å². The molecule has 0 saturated heterocycles. The highest BCUT2D eigenvalue weighted by molar-refractivity contribution is 7.15. The molecule has 2 N–H and O–H groups in total. The van der Waals surface area contributed by atoms with E-state index in [1.54, 1.807) is 17.5 Å². The minimum Gasteiger partial charge on any atom is -0.323 e. The Labute approximate surface area is 92.8 Å². The molecule has 0 bridgehead atoms. The lowest BCUT2D eigenvalue weighted by Gasteiger charge is -1.99. The first-order chi connectivity index (χ1) is 7.09. The van der Waals surface area contributed by atoms with Crippen molar-refractivity contribution in [1.82, 2.24) is 14.8 Å². The lowest BCUT2D eigenvalue weighted by atomic mass is 10.2. The highest BCUT2D eigenvalue weighted by Crippen LogP contribution is 2.30. The number of thiazole rings is 1. The predicted molar refractivity (Wildman–Crippen MR) is 61.7 cm³/mol. The summed E-state index contributed by atoms with van der Waals surface area (Å²) in [5.41, 5.74) is 7.92. The highest BCUT2D eigenvalue weighted by atomic mass is 32.1. The predicted octanol–water partition coefficient (Wildman–Crippen LogP) is 1.87. The van der Waals surface area contributed by atoms with Gasteiger partial charge in [0.2, 0.25) is 0 Å². The molecule has 0 aliphatic carbocycles. The van der Waals surface area contributed by atoms with Crippen LogP contribution in [-0.4, -0.2) is 14.8 Å². The molecule has 80 valence electrons. The van der Waals surface area contributed by atoms with Gasteiger partial charge >= 0.3 is 0 Å². The zero-order valence-electron chi connectivity index (χ0n) is 9.06. The van der Waals surface area contributed by atoms with Crippen molar-refractivity contribution in [2.45, 2.75) is 19.9 Å². The van der Waals surface area contributed by atoms with Crippen molar-refractivity contribution in [3.8, 4) is 10.7 Å². The zero-order valence-corrected chi connectivity index (χ0v) is 9.88. The Morgan fingerprint density at radius 3 is 2.73 bits per heavy atom. The van der Waals surface area contributed by atoms with Gasteiger partial charge in [0.05, 0.1) is 11.4 Å². The van der Waals surface area contributed by atoms with Crippen molar-refractivity contribution in [3.05, 3.63) is 22.8 Å². The van der Waals surface area contributed by atoms with Gasteiger partial charge in [-0.1, -0.05) is 0 Å². The number of hydrogen-bond donors (Lipinski definition) is 1. The van der Waals surface area contributed by atoms with Gasteiger partial charge in [-0.3, -0.25) is 4.68 Å². The summed E-state index contributed by atoms with van der Waals surface area (Å²) in [5.74, 6) is 0. The maximum absolute atomic E-state index is 5.87. The van der Waals surface area contributed by atoms with E-state index in [1.807, 2.05) is 31.6 Å². The van der Waals surface area contributed by atoms with Gasteiger partial charge in [0, 0.05) is 24.2 Å². The average molecular weight is 222 g/mol. The van der Waals surface area contributed by atoms with E-state index in [0.29, 0.717) is 0 Å². The molecule has 2 aromatic rings. The van der Waals surface area contributed by atoms with E-state index in [9.17, 15) is 0 Å². The lowest BCUT2D eigenvalue weighted by Crippen LogP contribution is -2.03. The van der Waals surface area contributed by atoms with Crippen LogP contribution in [0.25, 0.3) is 10.7 Å². The van der Waals surface area contributed by atoms with Gasteiger partial charge in [-0.25, -0.2) is 4.98 Å². The van der Waals surface area contributed by atoms with E-state index in [1.165, 1.54) is 0 Å². The Hall–Kier alpha value is -1.20. The standard InChI is InChI=1S/C10H14N4S/c1-6(11)9-7(2)13-10(15-9)8-4-5-12-14(8)3/h4-6H,11H2,1-3H3. The number of aryl methyl sites for hydroxylation is 2. The van der Waals surface area contributed by atoms with Gasteiger partial charge in [0.1, 0.15) is 5.01 Å². The van der Waals surface area contributed by atoms with Gasteiger partial charge < -0.3 is 5.73 Å². The summed E-state index contributed by atoms with van der Waals surface area (Å²) in [6.07, 6.45) is 1.78. The molecule has 1 atom stereocenters. The molecule has 0 radical (unpaired) electrons. The molecule has 0 aliphatic heterocycles. The molecule has 2 aromatic heterocycles. The van der Waals surface area contributed by atoms with Crippen LogP contribution in [-0.2, 0) is 7.05 Å². The van der Waals surface area contributed by atoms with E-state index in [2.05, 4.69) is 10.1 Å². The Morgan fingerprint density at radius 2 is 2.27 bits per heavy atom. The molecular weight excluding hydrogens is 208 g/mol. The van der Waals surface area contributed by atoms with Gasteiger partial charge in [-0.2, -0.15) is 5.10 Å². The summed E-state index contributed by atoms with van der Waals surface area (Å²) in [6.45, 7) is 3.97. The fourth-order valence-electron chi connectivity index (χ4n) is 1.52. The second-order valence-electron chi connectivity index (χ2n) is 3.60. The fraction of sp³-hybridized carbons (Fsp3) is 0.400. The van der Waals surface area contributed by atoms with Crippen LogP contribution >= 0.6 is 11.3 Å². The molecule has 0 fully saturated rings. The molecule has 4 nitrogen and oxygen atoms in total. The van der Waals surface area contributed by atoms with Crippen LogP contribution in [0.3, 0.4) is 0 Å². The van der Waals surface area contributed by atoms with Crippen LogP contribution in [0.1, 0.15) is 23.5 Å². The van der Waals surface area contributed by atoms with E-state index >= 15 is 0 Å². The Morgan fingerprint density at radius 1 is 1.53 bits per heavy atom.